The Kier molecular flexibility index (Phi) is 7.41. The number of ketones is 1. The van der Waals surface area contributed by atoms with Crippen LogP contribution >= 0.6 is 0 Å². The van der Waals surface area contributed by atoms with Gasteiger partial charge in [-0.05, 0) is 53.4 Å². The molecule has 41 heavy (non-hydrogen) atoms. The summed E-state index contributed by atoms with van der Waals surface area (Å²) in [4.78, 5) is 28.5. The summed E-state index contributed by atoms with van der Waals surface area (Å²) >= 11 is 0. The highest BCUT2D eigenvalue weighted by molar-refractivity contribution is 6.46. The van der Waals surface area contributed by atoms with E-state index in [1.807, 2.05) is 84.9 Å². The zero-order valence-electron chi connectivity index (χ0n) is 22.4. The van der Waals surface area contributed by atoms with Crippen LogP contribution in [0, 0.1) is 0 Å². The van der Waals surface area contributed by atoms with Crippen LogP contribution in [0.4, 0.5) is 0 Å². The van der Waals surface area contributed by atoms with Gasteiger partial charge in [0.05, 0.1) is 11.6 Å². The number of amides is 1. The fourth-order valence-electron chi connectivity index (χ4n) is 5.21. The summed E-state index contributed by atoms with van der Waals surface area (Å²) in [6.07, 6.45) is 0.554. The van der Waals surface area contributed by atoms with Crippen molar-refractivity contribution in [3.63, 3.8) is 0 Å². The first kappa shape index (κ1) is 26.2. The number of fused-ring (bicyclic) bond motifs is 1. The molecule has 1 amide bonds. The molecule has 1 unspecified atom stereocenters. The minimum atomic E-state index is -0.799. The van der Waals surface area contributed by atoms with E-state index in [1.165, 1.54) is 4.90 Å². The van der Waals surface area contributed by atoms with Crippen LogP contribution in [-0.4, -0.2) is 41.5 Å². The predicted octanol–water partition coefficient (Wildman–Crippen LogP) is 5.70. The van der Waals surface area contributed by atoms with Gasteiger partial charge in [-0.1, -0.05) is 72.8 Å². The van der Waals surface area contributed by atoms with Crippen LogP contribution < -0.4 is 14.2 Å². The Morgan fingerprint density at radius 3 is 2.27 bits per heavy atom. The van der Waals surface area contributed by atoms with Crippen molar-refractivity contribution in [2.45, 2.75) is 19.1 Å². The van der Waals surface area contributed by atoms with E-state index in [4.69, 9.17) is 14.2 Å². The molecule has 0 bridgehead atoms. The lowest BCUT2D eigenvalue weighted by atomic mass is 9.95. The number of benzene rings is 4. The molecule has 7 heteroatoms. The first-order valence-electron chi connectivity index (χ1n) is 13.6. The van der Waals surface area contributed by atoms with Crippen molar-refractivity contribution in [1.82, 2.24) is 4.90 Å². The molecule has 2 aliphatic heterocycles. The molecular formula is C34H29NO6. The minimum Gasteiger partial charge on any atom is -0.507 e. The van der Waals surface area contributed by atoms with Crippen molar-refractivity contribution in [2.24, 2.45) is 0 Å². The maximum atomic E-state index is 13.5. The predicted molar refractivity (Wildman–Crippen MR) is 154 cm³/mol. The molecule has 4 aromatic rings. The smallest absolute Gasteiger partial charge is 0.295 e. The lowest BCUT2D eigenvalue weighted by molar-refractivity contribution is -0.139. The van der Waals surface area contributed by atoms with Crippen LogP contribution in [0.5, 0.6) is 17.2 Å². The number of carbonyl (C=O) groups is 2. The van der Waals surface area contributed by atoms with Gasteiger partial charge in [-0.25, -0.2) is 0 Å². The SMILES string of the molecule is O=C1C(=O)N(CCc2ccccc2)C(c2cccc(OCc3ccccc3)c2)/C1=C(/O)c1ccc2c(c1)OCCO2. The topological polar surface area (TPSA) is 85.3 Å². The normalized spacial score (nSPS) is 17.5. The third-order valence-corrected chi connectivity index (χ3v) is 7.26. The first-order chi connectivity index (χ1) is 20.1. The van der Waals surface area contributed by atoms with Gasteiger partial charge in [0.15, 0.2) is 11.5 Å². The standard InChI is InChI=1S/C34H29NO6/c36-32(26-14-15-28-29(21-26)40-19-18-39-28)30-31(35(34(38)33(30)37)17-16-23-8-3-1-4-9-23)25-12-7-13-27(20-25)41-22-24-10-5-2-6-11-24/h1-15,20-21,31,36H,16-19,22H2/b32-30-. The Balaban J connectivity index is 1.38. The van der Waals surface area contributed by atoms with Crippen LogP contribution in [0.2, 0.25) is 0 Å². The summed E-state index contributed by atoms with van der Waals surface area (Å²) < 4.78 is 17.3. The molecule has 206 valence electrons. The van der Waals surface area contributed by atoms with E-state index in [2.05, 4.69) is 0 Å². The van der Waals surface area contributed by atoms with Gasteiger partial charge in [-0.2, -0.15) is 0 Å². The van der Waals surface area contributed by atoms with Gasteiger partial charge < -0.3 is 24.2 Å². The van der Waals surface area contributed by atoms with Gasteiger partial charge in [-0.15, -0.1) is 0 Å². The molecular weight excluding hydrogens is 518 g/mol. The van der Waals surface area contributed by atoms with E-state index in [0.29, 0.717) is 61.2 Å². The van der Waals surface area contributed by atoms with E-state index in [1.54, 1.807) is 18.2 Å². The summed E-state index contributed by atoms with van der Waals surface area (Å²) in [5.74, 6) is -0.00319. The maximum Gasteiger partial charge on any atom is 0.295 e. The van der Waals surface area contributed by atoms with Crippen LogP contribution in [0.25, 0.3) is 5.76 Å². The third-order valence-electron chi connectivity index (χ3n) is 7.26. The summed E-state index contributed by atoms with van der Waals surface area (Å²) in [6.45, 7) is 1.49. The number of likely N-dealkylation sites (tertiary alicyclic amines) is 1. The van der Waals surface area contributed by atoms with Crippen molar-refractivity contribution in [3.8, 4) is 17.2 Å². The van der Waals surface area contributed by atoms with E-state index < -0.39 is 17.7 Å². The van der Waals surface area contributed by atoms with E-state index in [0.717, 1.165) is 11.1 Å². The second-order valence-corrected chi connectivity index (χ2v) is 9.93. The number of hydrogen-bond acceptors (Lipinski definition) is 6. The highest BCUT2D eigenvalue weighted by Gasteiger charge is 2.46. The Morgan fingerprint density at radius 1 is 0.805 bits per heavy atom. The molecule has 0 radical (unpaired) electrons. The van der Waals surface area contributed by atoms with Gasteiger partial charge >= 0.3 is 0 Å². The summed E-state index contributed by atoms with van der Waals surface area (Å²) in [5.41, 5.74) is 3.13. The molecule has 2 aliphatic rings. The molecule has 1 atom stereocenters. The molecule has 7 nitrogen and oxygen atoms in total. The van der Waals surface area contributed by atoms with Gasteiger partial charge in [-0.3, -0.25) is 9.59 Å². The lowest BCUT2D eigenvalue weighted by Gasteiger charge is -2.26. The summed E-state index contributed by atoms with van der Waals surface area (Å²) in [6, 6.07) is 31.1. The van der Waals surface area contributed by atoms with Crippen molar-refractivity contribution < 1.29 is 28.9 Å². The van der Waals surface area contributed by atoms with Crippen LogP contribution in [0.15, 0.2) is 109 Å². The number of carbonyl (C=O) groups excluding carboxylic acids is 2. The average molecular weight is 548 g/mol. The molecule has 1 N–H and O–H groups in total. The van der Waals surface area contributed by atoms with Crippen molar-refractivity contribution >= 4 is 17.4 Å². The second kappa shape index (κ2) is 11.6. The Morgan fingerprint density at radius 2 is 1.51 bits per heavy atom. The zero-order valence-corrected chi connectivity index (χ0v) is 22.4. The van der Waals surface area contributed by atoms with Gasteiger partial charge in [0.1, 0.15) is 31.3 Å². The van der Waals surface area contributed by atoms with Crippen LogP contribution in [0.3, 0.4) is 0 Å². The van der Waals surface area contributed by atoms with Gasteiger partial charge in [0.25, 0.3) is 11.7 Å². The zero-order chi connectivity index (χ0) is 28.2. The van der Waals surface area contributed by atoms with Crippen molar-refractivity contribution in [1.29, 1.82) is 0 Å². The fraction of sp³-hybridized carbons (Fsp3) is 0.176. The maximum absolute atomic E-state index is 13.5. The quantitative estimate of drug-likeness (QED) is 0.173. The summed E-state index contributed by atoms with van der Waals surface area (Å²) in [5, 5.41) is 11.5. The minimum absolute atomic E-state index is 0.0277. The van der Waals surface area contributed by atoms with Gasteiger partial charge in [0.2, 0.25) is 0 Å². The number of hydrogen-bond donors (Lipinski definition) is 1. The molecule has 1 fully saturated rings. The third kappa shape index (κ3) is 5.52. The number of rotatable bonds is 8. The van der Waals surface area contributed by atoms with Crippen molar-refractivity contribution in [3.05, 3.63) is 131 Å². The Bertz CT molecular complexity index is 1600. The number of aliphatic hydroxyl groups excluding tert-OH is 1. The van der Waals surface area contributed by atoms with Crippen LogP contribution in [-0.2, 0) is 22.6 Å². The highest BCUT2D eigenvalue weighted by Crippen LogP contribution is 2.42. The average Bonchev–Trinajstić information content (AvgIpc) is 3.28. The molecule has 2 heterocycles. The molecule has 0 spiro atoms. The molecule has 4 aromatic carbocycles. The Hall–Kier alpha value is -5.04. The molecule has 0 aliphatic carbocycles. The van der Waals surface area contributed by atoms with Crippen LogP contribution in [0.1, 0.15) is 28.3 Å². The van der Waals surface area contributed by atoms with E-state index in [9.17, 15) is 14.7 Å². The molecule has 1 saturated heterocycles. The second-order valence-electron chi connectivity index (χ2n) is 9.93. The van der Waals surface area contributed by atoms with Gasteiger partial charge in [0, 0.05) is 12.1 Å². The number of nitrogens with zero attached hydrogens (tertiary/aromatic N) is 1. The molecule has 0 aromatic heterocycles. The lowest BCUT2D eigenvalue weighted by Crippen LogP contribution is -2.31. The number of ether oxygens (including phenoxy) is 3. The first-order valence-corrected chi connectivity index (χ1v) is 13.6. The fourth-order valence-corrected chi connectivity index (χ4v) is 5.21. The Labute approximate surface area is 238 Å². The number of aliphatic hydroxyl groups is 1. The monoisotopic (exact) mass is 547 g/mol. The van der Waals surface area contributed by atoms with E-state index >= 15 is 0 Å². The number of Topliss-reactive ketones (excluding diaryl/α,β-unsaturated/α-hetero) is 1. The summed E-state index contributed by atoms with van der Waals surface area (Å²) in [7, 11) is 0. The van der Waals surface area contributed by atoms with E-state index in [-0.39, 0.29) is 11.3 Å². The highest BCUT2D eigenvalue weighted by atomic mass is 16.6. The molecule has 0 saturated carbocycles. The molecule has 6 rings (SSSR count). The largest absolute Gasteiger partial charge is 0.507 e. The van der Waals surface area contributed by atoms with Crippen molar-refractivity contribution in [2.75, 3.05) is 19.8 Å².